The molecule has 30 heavy (non-hydrogen) atoms. The van der Waals surface area contributed by atoms with Crippen molar-refractivity contribution >= 4 is 29.3 Å². The Hall–Kier alpha value is -3.56. The lowest BCUT2D eigenvalue weighted by Gasteiger charge is -2.17. The first-order valence-corrected chi connectivity index (χ1v) is 10.3. The van der Waals surface area contributed by atoms with Gasteiger partial charge < -0.3 is 9.64 Å². The van der Waals surface area contributed by atoms with Crippen molar-refractivity contribution in [2.75, 3.05) is 18.1 Å². The molecule has 5 nitrogen and oxygen atoms in total. The number of ether oxygens (including phenoxy) is 1. The molecule has 0 aliphatic carbocycles. The van der Waals surface area contributed by atoms with Gasteiger partial charge in [-0.3, -0.25) is 4.79 Å². The predicted octanol–water partition coefficient (Wildman–Crippen LogP) is 4.46. The van der Waals surface area contributed by atoms with Gasteiger partial charge in [-0.05, 0) is 42.3 Å². The van der Waals surface area contributed by atoms with E-state index in [1.54, 1.807) is 35.2 Å². The molecule has 0 bridgehead atoms. The lowest BCUT2D eigenvalue weighted by Crippen LogP contribution is -2.33. The Morgan fingerprint density at radius 2 is 1.67 bits per heavy atom. The van der Waals surface area contributed by atoms with Crippen molar-refractivity contribution in [1.82, 2.24) is 0 Å². The summed E-state index contributed by atoms with van der Waals surface area (Å²) in [6, 6.07) is 24.1. The van der Waals surface area contributed by atoms with E-state index in [0.29, 0.717) is 22.6 Å². The third-order valence-corrected chi connectivity index (χ3v) is 6.00. The summed E-state index contributed by atoms with van der Waals surface area (Å²) >= 11 is 1.33. The van der Waals surface area contributed by atoms with Crippen LogP contribution in [0.3, 0.4) is 0 Å². The zero-order valence-electron chi connectivity index (χ0n) is 16.1. The van der Waals surface area contributed by atoms with Gasteiger partial charge in [0.1, 0.15) is 6.07 Å². The quantitative estimate of drug-likeness (QED) is 0.577. The van der Waals surface area contributed by atoms with Crippen molar-refractivity contribution in [2.45, 2.75) is 16.2 Å². The standard InChI is InChI=1S/C24H18N2O3S/c25-15-18-8-2-5-11-21(18)30-22-12-6-3-9-19(22)24(28)29-16-23(27)26-14-13-17-7-1-4-10-20(17)26/h1-12H,13-14,16H2. The third-order valence-electron chi connectivity index (χ3n) is 4.85. The maximum absolute atomic E-state index is 12.7. The molecule has 0 N–H and O–H groups in total. The van der Waals surface area contributed by atoms with E-state index in [9.17, 15) is 14.9 Å². The highest BCUT2D eigenvalue weighted by molar-refractivity contribution is 7.99. The van der Waals surface area contributed by atoms with Crippen LogP contribution in [0.1, 0.15) is 21.5 Å². The summed E-state index contributed by atoms with van der Waals surface area (Å²) in [4.78, 5) is 28.4. The molecule has 1 aliphatic rings. The van der Waals surface area contributed by atoms with Crippen LogP contribution >= 0.6 is 11.8 Å². The number of nitrogens with zero attached hydrogens (tertiary/aromatic N) is 2. The van der Waals surface area contributed by atoms with Crippen LogP contribution in [0, 0.1) is 11.3 Å². The van der Waals surface area contributed by atoms with Gasteiger partial charge in [0.05, 0.1) is 11.1 Å². The maximum Gasteiger partial charge on any atom is 0.339 e. The van der Waals surface area contributed by atoms with E-state index < -0.39 is 5.97 Å². The van der Waals surface area contributed by atoms with Crippen LogP contribution in [0.2, 0.25) is 0 Å². The Morgan fingerprint density at radius 1 is 0.967 bits per heavy atom. The topological polar surface area (TPSA) is 70.4 Å². The number of rotatable bonds is 5. The maximum atomic E-state index is 12.7. The Labute approximate surface area is 178 Å². The number of amides is 1. The zero-order valence-corrected chi connectivity index (χ0v) is 16.9. The number of nitriles is 1. The highest BCUT2D eigenvalue weighted by Crippen LogP contribution is 2.33. The number of hydrogen-bond acceptors (Lipinski definition) is 5. The molecule has 0 unspecified atom stereocenters. The monoisotopic (exact) mass is 414 g/mol. The first kappa shape index (κ1) is 19.7. The summed E-state index contributed by atoms with van der Waals surface area (Å²) in [5.41, 5.74) is 2.90. The molecule has 0 saturated carbocycles. The summed E-state index contributed by atoms with van der Waals surface area (Å²) in [5, 5.41) is 9.30. The first-order valence-electron chi connectivity index (χ1n) is 9.49. The molecule has 148 valence electrons. The molecule has 0 atom stereocenters. The van der Waals surface area contributed by atoms with Crippen LogP contribution in [0.15, 0.2) is 82.6 Å². The fourth-order valence-corrected chi connectivity index (χ4v) is 4.39. The fourth-order valence-electron chi connectivity index (χ4n) is 3.37. The van der Waals surface area contributed by atoms with E-state index in [1.807, 2.05) is 42.5 Å². The van der Waals surface area contributed by atoms with E-state index in [1.165, 1.54) is 11.8 Å². The lowest BCUT2D eigenvalue weighted by atomic mass is 10.2. The minimum absolute atomic E-state index is 0.242. The van der Waals surface area contributed by atoms with E-state index in [-0.39, 0.29) is 12.5 Å². The number of hydrogen-bond donors (Lipinski definition) is 0. The molecule has 0 radical (unpaired) electrons. The number of carbonyl (C=O) groups is 2. The third kappa shape index (κ3) is 4.07. The van der Waals surface area contributed by atoms with Crippen molar-refractivity contribution < 1.29 is 14.3 Å². The van der Waals surface area contributed by atoms with Gasteiger partial charge in [0.25, 0.3) is 5.91 Å². The second kappa shape index (κ2) is 8.85. The van der Waals surface area contributed by atoms with Gasteiger partial charge in [0, 0.05) is 22.0 Å². The first-order chi connectivity index (χ1) is 14.7. The smallest absolute Gasteiger partial charge is 0.339 e. The Morgan fingerprint density at radius 3 is 2.50 bits per heavy atom. The molecule has 0 fully saturated rings. The van der Waals surface area contributed by atoms with Gasteiger partial charge in [0.2, 0.25) is 0 Å². The molecule has 3 aromatic rings. The largest absolute Gasteiger partial charge is 0.452 e. The van der Waals surface area contributed by atoms with E-state index in [4.69, 9.17) is 4.74 Å². The lowest BCUT2D eigenvalue weighted by molar-refractivity contribution is -0.121. The minimum atomic E-state index is -0.562. The summed E-state index contributed by atoms with van der Waals surface area (Å²) in [6.45, 7) is 0.272. The average molecular weight is 414 g/mol. The number of fused-ring (bicyclic) bond motifs is 1. The van der Waals surface area contributed by atoms with Gasteiger partial charge in [0.15, 0.2) is 6.61 Å². The minimum Gasteiger partial charge on any atom is -0.452 e. The normalized spacial score (nSPS) is 12.2. The van der Waals surface area contributed by atoms with Gasteiger partial charge in [-0.2, -0.15) is 5.26 Å². The number of carbonyl (C=O) groups excluding carboxylic acids is 2. The summed E-state index contributed by atoms with van der Waals surface area (Å²) < 4.78 is 5.34. The van der Waals surface area contributed by atoms with Gasteiger partial charge in [-0.1, -0.05) is 54.2 Å². The van der Waals surface area contributed by atoms with Crippen LogP contribution in [-0.2, 0) is 16.0 Å². The van der Waals surface area contributed by atoms with Crippen molar-refractivity contribution in [3.63, 3.8) is 0 Å². The second-order valence-corrected chi connectivity index (χ2v) is 7.79. The molecule has 1 amide bonds. The number of para-hydroxylation sites is 1. The Balaban J connectivity index is 1.46. The highest BCUT2D eigenvalue weighted by Gasteiger charge is 2.25. The predicted molar refractivity (Wildman–Crippen MR) is 115 cm³/mol. The van der Waals surface area contributed by atoms with E-state index in [2.05, 4.69) is 6.07 Å². The summed E-state index contributed by atoms with van der Waals surface area (Å²) in [5.74, 6) is -0.804. The van der Waals surface area contributed by atoms with Gasteiger partial charge >= 0.3 is 5.97 Å². The molecule has 3 aromatic carbocycles. The zero-order chi connectivity index (χ0) is 20.9. The molecule has 4 rings (SSSR count). The van der Waals surface area contributed by atoms with Crippen LogP contribution in [0.25, 0.3) is 0 Å². The Kier molecular flexibility index (Phi) is 5.82. The van der Waals surface area contributed by atoms with Crippen LogP contribution in [0.4, 0.5) is 5.69 Å². The highest BCUT2D eigenvalue weighted by atomic mass is 32.2. The van der Waals surface area contributed by atoms with Crippen LogP contribution in [-0.4, -0.2) is 25.0 Å². The molecule has 1 heterocycles. The number of esters is 1. The van der Waals surface area contributed by atoms with Gasteiger partial charge in [-0.25, -0.2) is 4.79 Å². The number of anilines is 1. The molecular formula is C24H18N2O3S. The Bertz CT molecular complexity index is 1150. The van der Waals surface area contributed by atoms with Crippen molar-refractivity contribution in [3.05, 3.63) is 89.5 Å². The average Bonchev–Trinajstić information content (AvgIpc) is 3.22. The SMILES string of the molecule is N#Cc1ccccc1Sc1ccccc1C(=O)OCC(=O)N1CCc2ccccc21. The molecule has 0 spiro atoms. The van der Waals surface area contributed by atoms with Crippen molar-refractivity contribution in [1.29, 1.82) is 5.26 Å². The molecular weight excluding hydrogens is 396 g/mol. The fraction of sp³-hybridized carbons (Fsp3) is 0.125. The number of benzene rings is 3. The van der Waals surface area contributed by atoms with Crippen LogP contribution < -0.4 is 4.90 Å². The van der Waals surface area contributed by atoms with Gasteiger partial charge in [-0.15, -0.1) is 0 Å². The summed E-state index contributed by atoms with van der Waals surface area (Å²) in [7, 11) is 0. The van der Waals surface area contributed by atoms with E-state index in [0.717, 1.165) is 22.6 Å². The molecule has 0 aromatic heterocycles. The molecule has 1 aliphatic heterocycles. The molecule has 6 heteroatoms. The summed E-state index contributed by atoms with van der Waals surface area (Å²) in [6.07, 6.45) is 0.799. The van der Waals surface area contributed by atoms with Crippen molar-refractivity contribution in [3.8, 4) is 6.07 Å². The van der Waals surface area contributed by atoms with E-state index >= 15 is 0 Å². The van der Waals surface area contributed by atoms with Crippen molar-refractivity contribution in [2.24, 2.45) is 0 Å². The molecule has 0 saturated heterocycles. The second-order valence-electron chi connectivity index (χ2n) is 6.71. The van der Waals surface area contributed by atoms with Crippen LogP contribution in [0.5, 0.6) is 0 Å².